The first kappa shape index (κ1) is 27.2. The Labute approximate surface area is 225 Å². The van der Waals surface area contributed by atoms with Crippen molar-refractivity contribution in [2.75, 3.05) is 26.6 Å². The van der Waals surface area contributed by atoms with Gasteiger partial charge in [0.1, 0.15) is 11.7 Å². The summed E-state index contributed by atoms with van der Waals surface area (Å²) < 4.78 is 18.1. The number of carbonyl (C=O) groups excluding carboxylic acids is 1. The molecule has 204 valence electrons. The molecule has 39 heavy (non-hydrogen) atoms. The van der Waals surface area contributed by atoms with Crippen LogP contribution in [0.5, 0.6) is 17.2 Å². The minimum Gasteiger partial charge on any atom is -0.493 e. The smallest absolute Gasteiger partial charge is 0.326 e. The third-order valence-electron chi connectivity index (χ3n) is 6.05. The van der Waals surface area contributed by atoms with Crippen molar-refractivity contribution in [2.45, 2.75) is 26.3 Å². The summed E-state index contributed by atoms with van der Waals surface area (Å²) in [6, 6.07) is 11.3. The van der Waals surface area contributed by atoms with Crippen LogP contribution in [0.25, 0.3) is 16.7 Å². The highest BCUT2D eigenvalue weighted by Gasteiger charge is 2.22. The van der Waals surface area contributed by atoms with Crippen LogP contribution in [0.3, 0.4) is 0 Å². The molecule has 2 aromatic heterocycles. The zero-order valence-corrected chi connectivity index (χ0v) is 22.4. The second-order valence-corrected chi connectivity index (χ2v) is 9.24. The Balaban J connectivity index is 1.63. The van der Waals surface area contributed by atoms with Crippen molar-refractivity contribution in [2.24, 2.45) is 5.92 Å². The van der Waals surface area contributed by atoms with E-state index in [9.17, 15) is 14.7 Å². The Bertz CT molecular complexity index is 1470. The molecule has 11 nitrogen and oxygen atoms in total. The summed E-state index contributed by atoms with van der Waals surface area (Å²) in [4.78, 5) is 33.6. The minimum atomic E-state index is -1.06. The number of rotatable bonds is 11. The number of ether oxygens (including phenoxy) is 3. The van der Waals surface area contributed by atoms with Crippen LogP contribution < -0.4 is 24.8 Å². The minimum absolute atomic E-state index is 0.117. The summed E-state index contributed by atoms with van der Waals surface area (Å²) in [5.41, 5.74) is 2.27. The maximum Gasteiger partial charge on any atom is 0.326 e. The number of methoxy groups -OCH3 is 3. The number of amides is 1. The number of nitrogens with one attached hydrogen (secondary N) is 2. The predicted octanol–water partition coefficient (Wildman–Crippen LogP) is 4.42. The number of carbonyl (C=O) groups is 2. The number of carboxylic acids is 1. The van der Waals surface area contributed by atoms with Crippen LogP contribution >= 0.6 is 0 Å². The van der Waals surface area contributed by atoms with Crippen LogP contribution in [0.2, 0.25) is 0 Å². The molecule has 11 heteroatoms. The van der Waals surface area contributed by atoms with E-state index in [0.29, 0.717) is 52.2 Å². The fourth-order valence-electron chi connectivity index (χ4n) is 4.20. The second kappa shape index (κ2) is 11.7. The highest BCUT2D eigenvalue weighted by Crippen LogP contribution is 2.40. The van der Waals surface area contributed by atoms with Gasteiger partial charge in [-0.3, -0.25) is 4.79 Å². The molecule has 3 N–H and O–H groups in total. The van der Waals surface area contributed by atoms with Gasteiger partial charge in [0.2, 0.25) is 11.7 Å². The van der Waals surface area contributed by atoms with E-state index in [1.54, 1.807) is 36.5 Å². The van der Waals surface area contributed by atoms with E-state index >= 15 is 0 Å². The lowest BCUT2D eigenvalue weighted by molar-refractivity contribution is -0.139. The average Bonchev–Trinajstić information content (AvgIpc) is 3.35. The number of carboxylic acid groups (broad SMARTS) is 1. The van der Waals surface area contributed by atoms with Gasteiger partial charge in [0, 0.05) is 46.9 Å². The van der Waals surface area contributed by atoms with Crippen LogP contribution in [0.15, 0.2) is 54.9 Å². The molecule has 0 aliphatic heterocycles. The molecule has 1 unspecified atom stereocenters. The summed E-state index contributed by atoms with van der Waals surface area (Å²) in [6.45, 7) is 3.82. The predicted molar refractivity (Wildman–Crippen MR) is 147 cm³/mol. The van der Waals surface area contributed by atoms with Gasteiger partial charge in [0.25, 0.3) is 5.91 Å². The fraction of sp³-hybridized carbons (Fsp3) is 0.286. The molecule has 0 radical (unpaired) electrons. The molecular weight excluding hydrogens is 502 g/mol. The van der Waals surface area contributed by atoms with E-state index in [0.717, 1.165) is 5.39 Å². The number of fused-ring (bicyclic) bond motifs is 1. The largest absolute Gasteiger partial charge is 0.493 e. The Morgan fingerprint density at radius 3 is 2.36 bits per heavy atom. The normalized spacial score (nSPS) is 11.7. The summed E-state index contributed by atoms with van der Waals surface area (Å²) in [7, 11) is 4.61. The van der Waals surface area contributed by atoms with Crippen molar-refractivity contribution in [3.8, 4) is 22.9 Å². The number of anilines is 2. The molecule has 0 saturated heterocycles. The van der Waals surface area contributed by atoms with Crippen LogP contribution in [0.1, 0.15) is 30.6 Å². The molecular formula is C28H31N5O6. The first-order chi connectivity index (χ1) is 18.7. The summed E-state index contributed by atoms with van der Waals surface area (Å²) in [6.07, 6.45) is 3.86. The van der Waals surface area contributed by atoms with Gasteiger partial charge >= 0.3 is 5.97 Å². The quantitative estimate of drug-likeness (QED) is 0.256. The molecule has 0 saturated carbocycles. The van der Waals surface area contributed by atoms with Crippen molar-refractivity contribution < 1.29 is 28.9 Å². The number of aromatic nitrogens is 3. The molecule has 2 heterocycles. The molecule has 0 spiro atoms. The second-order valence-electron chi connectivity index (χ2n) is 9.24. The molecule has 4 aromatic rings. The SMILES string of the molecule is COc1cc(Nc2ncc3ccn(-c4cccc(C(=O)NC(CC(C)C)C(=O)O)c4)c3n2)cc(OC)c1OC. The molecule has 2 aromatic carbocycles. The Morgan fingerprint density at radius 1 is 1.03 bits per heavy atom. The molecule has 0 aliphatic rings. The highest BCUT2D eigenvalue weighted by molar-refractivity contribution is 5.97. The van der Waals surface area contributed by atoms with Crippen molar-refractivity contribution in [3.63, 3.8) is 0 Å². The van der Waals surface area contributed by atoms with Gasteiger partial charge in [-0.25, -0.2) is 9.78 Å². The number of hydrogen-bond donors (Lipinski definition) is 3. The van der Waals surface area contributed by atoms with Gasteiger partial charge in [0.15, 0.2) is 11.5 Å². The Morgan fingerprint density at radius 2 is 1.74 bits per heavy atom. The van der Waals surface area contributed by atoms with E-state index in [1.807, 2.05) is 36.7 Å². The number of benzene rings is 2. The maximum absolute atomic E-state index is 12.9. The standard InChI is InChI=1S/C28H31N5O6/c1-16(2)11-21(27(35)36)31-26(34)17-7-6-8-20(12-17)33-10-9-18-15-29-28(32-25(18)33)30-19-13-22(37-3)24(39-5)23(14-19)38-4/h6-10,12-16,21H,11H2,1-5H3,(H,31,34)(H,35,36)(H,29,30,32). The van der Waals surface area contributed by atoms with Gasteiger partial charge in [-0.2, -0.15) is 4.98 Å². The first-order valence-corrected chi connectivity index (χ1v) is 12.3. The van der Waals surface area contributed by atoms with Gasteiger partial charge in [-0.1, -0.05) is 19.9 Å². The summed E-state index contributed by atoms with van der Waals surface area (Å²) in [5, 5.41) is 16.1. The topological polar surface area (TPSA) is 137 Å². The molecule has 0 fully saturated rings. The van der Waals surface area contributed by atoms with Crippen molar-refractivity contribution in [1.29, 1.82) is 0 Å². The lowest BCUT2D eigenvalue weighted by atomic mass is 10.0. The van der Waals surface area contributed by atoms with Crippen molar-refractivity contribution >= 4 is 34.5 Å². The molecule has 4 rings (SSSR count). The molecule has 1 amide bonds. The lowest BCUT2D eigenvalue weighted by Crippen LogP contribution is -2.41. The van der Waals surface area contributed by atoms with Gasteiger partial charge in [-0.05, 0) is 36.6 Å². The summed E-state index contributed by atoms with van der Waals surface area (Å²) >= 11 is 0. The van der Waals surface area contributed by atoms with Crippen LogP contribution in [0, 0.1) is 5.92 Å². The van der Waals surface area contributed by atoms with E-state index < -0.39 is 17.9 Å². The monoisotopic (exact) mass is 533 g/mol. The zero-order valence-electron chi connectivity index (χ0n) is 22.4. The first-order valence-electron chi connectivity index (χ1n) is 12.3. The number of hydrogen-bond acceptors (Lipinski definition) is 8. The van der Waals surface area contributed by atoms with Crippen molar-refractivity contribution in [3.05, 3.63) is 60.4 Å². The van der Waals surface area contributed by atoms with E-state index in [4.69, 9.17) is 14.2 Å². The average molecular weight is 534 g/mol. The highest BCUT2D eigenvalue weighted by atomic mass is 16.5. The zero-order chi connectivity index (χ0) is 28.1. The Hall–Kier alpha value is -4.80. The van der Waals surface area contributed by atoms with Gasteiger partial charge in [0.05, 0.1) is 21.3 Å². The van der Waals surface area contributed by atoms with Gasteiger partial charge in [-0.15, -0.1) is 0 Å². The van der Waals surface area contributed by atoms with Crippen LogP contribution in [-0.2, 0) is 4.79 Å². The van der Waals surface area contributed by atoms with E-state index in [2.05, 4.69) is 20.6 Å². The molecule has 0 aliphatic carbocycles. The van der Waals surface area contributed by atoms with Crippen LogP contribution in [-0.4, -0.2) is 58.9 Å². The Kier molecular flexibility index (Phi) is 8.18. The van der Waals surface area contributed by atoms with E-state index in [1.165, 1.54) is 21.3 Å². The lowest BCUT2D eigenvalue weighted by Gasteiger charge is -2.17. The van der Waals surface area contributed by atoms with Crippen LogP contribution in [0.4, 0.5) is 11.6 Å². The number of aliphatic carboxylic acids is 1. The third kappa shape index (κ3) is 6.03. The number of nitrogens with zero attached hydrogens (tertiary/aromatic N) is 3. The molecule has 1 atom stereocenters. The maximum atomic E-state index is 12.9. The summed E-state index contributed by atoms with van der Waals surface area (Å²) in [5.74, 6) is 0.373. The van der Waals surface area contributed by atoms with E-state index in [-0.39, 0.29) is 5.92 Å². The van der Waals surface area contributed by atoms with Gasteiger partial charge < -0.3 is 34.5 Å². The third-order valence-corrected chi connectivity index (χ3v) is 6.05. The fourth-order valence-corrected chi connectivity index (χ4v) is 4.20. The molecule has 0 bridgehead atoms. The van der Waals surface area contributed by atoms with Crippen molar-refractivity contribution in [1.82, 2.24) is 19.9 Å².